The first kappa shape index (κ1) is 24.4. The largest absolute Gasteiger partial charge is 0.355 e. The number of H-pyrrole nitrogens is 1. The Kier molecular flexibility index (Phi) is 10.0. The van der Waals surface area contributed by atoms with E-state index in [9.17, 15) is 4.79 Å². The molecule has 2 aromatic rings. The van der Waals surface area contributed by atoms with Gasteiger partial charge in [-0.2, -0.15) is 0 Å². The predicted octanol–water partition coefficient (Wildman–Crippen LogP) is 4.76. The van der Waals surface area contributed by atoms with Crippen LogP contribution < -0.4 is 10.6 Å². The second kappa shape index (κ2) is 12.7. The molecule has 1 aromatic heterocycles. The minimum Gasteiger partial charge on any atom is -0.355 e. The summed E-state index contributed by atoms with van der Waals surface area (Å²) in [6, 6.07) is 8.83. The summed E-state index contributed by atoms with van der Waals surface area (Å²) in [4.78, 5) is 16.9. The number of nitrogens with one attached hydrogen (secondary N) is 3. The van der Waals surface area contributed by atoms with Crippen molar-refractivity contribution in [1.82, 2.24) is 20.5 Å². The third-order valence-corrected chi connectivity index (χ3v) is 5.17. The molecule has 5 nitrogen and oxygen atoms in total. The van der Waals surface area contributed by atoms with Crippen LogP contribution in [0.5, 0.6) is 0 Å². The average molecular weight is 421 g/mol. The standard InChI is InChI=1S/C24H30N4O.C2H6/c1-4-6-20(22(5-2)26-17-29)13-18(3)24-15-21-14-19(7-8-23(21)27-24)16-28-11-9-25-10-12-28;1-2/h4-8,13-15,17,25,27H,2,9-12,16H2,1,3H3,(H,26,29);1-2H3/b6-4-,18-13+,22-20-;. The SMILES string of the molecule is C=C/C(NC=O)=C(\C=C/C)/C=C(\C)c1cc2cc(CN3CCNCC3)ccc2[nH]1.CC. The lowest BCUT2D eigenvalue weighted by atomic mass is 10.1. The maximum atomic E-state index is 10.9. The fourth-order valence-electron chi connectivity index (χ4n) is 3.65. The smallest absolute Gasteiger partial charge is 0.211 e. The number of allylic oxidation sites excluding steroid dienone is 6. The van der Waals surface area contributed by atoms with Gasteiger partial charge in [-0.15, -0.1) is 0 Å². The van der Waals surface area contributed by atoms with Crippen molar-refractivity contribution in [2.75, 3.05) is 26.2 Å². The summed E-state index contributed by atoms with van der Waals surface area (Å²) in [5.41, 5.74) is 6.21. The number of hydrogen-bond donors (Lipinski definition) is 3. The average Bonchev–Trinajstić information content (AvgIpc) is 3.23. The highest BCUT2D eigenvalue weighted by Gasteiger charge is 2.11. The molecule has 1 aromatic carbocycles. The van der Waals surface area contributed by atoms with Crippen LogP contribution in [-0.4, -0.2) is 42.5 Å². The van der Waals surface area contributed by atoms with Crippen molar-refractivity contribution in [3.05, 3.63) is 77.7 Å². The van der Waals surface area contributed by atoms with Gasteiger partial charge in [-0.25, -0.2) is 0 Å². The molecule has 3 N–H and O–H groups in total. The van der Waals surface area contributed by atoms with Crippen molar-refractivity contribution < 1.29 is 4.79 Å². The molecule has 0 bridgehead atoms. The maximum Gasteiger partial charge on any atom is 0.211 e. The van der Waals surface area contributed by atoms with Crippen LogP contribution >= 0.6 is 0 Å². The lowest BCUT2D eigenvalue weighted by Crippen LogP contribution is -2.42. The van der Waals surface area contributed by atoms with E-state index in [0.29, 0.717) is 12.1 Å². The Morgan fingerprint density at radius 1 is 1.23 bits per heavy atom. The zero-order valence-electron chi connectivity index (χ0n) is 19.3. The summed E-state index contributed by atoms with van der Waals surface area (Å²) in [7, 11) is 0. The van der Waals surface area contributed by atoms with Gasteiger partial charge in [0.25, 0.3) is 0 Å². The molecule has 2 heterocycles. The van der Waals surface area contributed by atoms with Gasteiger partial charge in [0, 0.05) is 55.0 Å². The summed E-state index contributed by atoms with van der Waals surface area (Å²) in [5.74, 6) is 0. The molecule has 1 amide bonds. The van der Waals surface area contributed by atoms with Gasteiger partial charge < -0.3 is 15.6 Å². The summed E-state index contributed by atoms with van der Waals surface area (Å²) in [6.45, 7) is 17.1. The Balaban J connectivity index is 0.00000166. The van der Waals surface area contributed by atoms with Crippen LogP contribution in [0.1, 0.15) is 39.0 Å². The second-order valence-electron chi connectivity index (χ2n) is 7.29. The Bertz CT molecular complexity index is 959. The molecule has 166 valence electrons. The molecule has 1 aliphatic heterocycles. The molecule has 1 aliphatic rings. The quantitative estimate of drug-likeness (QED) is 0.426. The molecule has 0 unspecified atom stereocenters. The van der Waals surface area contributed by atoms with Crippen molar-refractivity contribution in [3.8, 4) is 0 Å². The van der Waals surface area contributed by atoms with Crippen molar-refractivity contribution in [2.24, 2.45) is 0 Å². The molecule has 3 rings (SSSR count). The fraction of sp³-hybridized carbons (Fsp3) is 0.346. The first-order chi connectivity index (χ1) is 15.1. The minimum atomic E-state index is 0.673. The number of piperazine rings is 1. The minimum absolute atomic E-state index is 0.673. The van der Waals surface area contributed by atoms with Crippen LogP contribution in [-0.2, 0) is 11.3 Å². The number of benzene rings is 1. The molecule has 0 saturated carbocycles. The number of carbonyl (C=O) groups excluding carboxylic acids is 1. The van der Waals surface area contributed by atoms with Gasteiger partial charge >= 0.3 is 0 Å². The molecule has 0 aliphatic carbocycles. The van der Waals surface area contributed by atoms with Crippen LogP contribution in [0.3, 0.4) is 0 Å². The molecule has 1 saturated heterocycles. The molecule has 1 fully saturated rings. The third-order valence-electron chi connectivity index (χ3n) is 5.17. The zero-order valence-corrected chi connectivity index (χ0v) is 19.3. The number of aromatic nitrogens is 1. The van der Waals surface area contributed by atoms with E-state index in [-0.39, 0.29) is 0 Å². The Morgan fingerprint density at radius 3 is 2.61 bits per heavy atom. The van der Waals surface area contributed by atoms with E-state index in [2.05, 4.69) is 64.4 Å². The van der Waals surface area contributed by atoms with Crippen molar-refractivity contribution >= 4 is 22.9 Å². The number of nitrogens with zero attached hydrogens (tertiary/aromatic N) is 1. The highest BCUT2D eigenvalue weighted by molar-refractivity contribution is 5.85. The number of fused-ring (bicyclic) bond motifs is 1. The van der Waals surface area contributed by atoms with E-state index in [0.717, 1.165) is 55.1 Å². The molecule has 5 heteroatoms. The lowest BCUT2D eigenvalue weighted by molar-refractivity contribution is -0.108. The van der Waals surface area contributed by atoms with Crippen molar-refractivity contribution in [1.29, 1.82) is 0 Å². The lowest BCUT2D eigenvalue weighted by Gasteiger charge is -2.27. The highest BCUT2D eigenvalue weighted by Crippen LogP contribution is 2.24. The number of hydrogen-bond acceptors (Lipinski definition) is 3. The second-order valence-corrected chi connectivity index (χ2v) is 7.29. The van der Waals surface area contributed by atoms with E-state index >= 15 is 0 Å². The predicted molar refractivity (Wildman–Crippen MR) is 133 cm³/mol. The molecular formula is C26H36N4O. The van der Waals surface area contributed by atoms with Gasteiger partial charge in [-0.1, -0.05) is 38.6 Å². The number of rotatable bonds is 8. The van der Waals surface area contributed by atoms with Gasteiger partial charge in [-0.3, -0.25) is 9.69 Å². The Labute approximate surface area is 186 Å². The van der Waals surface area contributed by atoms with E-state index in [4.69, 9.17) is 0 Å². The molecule has 31 heavy (non-hydrogen) atoms. The summed E-state index contributed by atoms with van der Waals surface area (Å²) in [5, 5.41) is 7.33. The van der Waals surface area contributed by atoms with Crippen LogP contribution in [0, 0.1) is 0 Å². The van der Waals surface area contributed by atoms with Gasteiger partial charge in [0.1, 0.15) is 0 Å². The monoisotopic (exact) mass is 420 g/mol. The van der Waals surface area contributed by atoms with Crippen LogP contribution in [0.2, 0.25) is 0 Å². The summed E-state index contributed by atoms with van der Waals surface area (Å²) >= 11 is 0. The van der Waals surface area contributed by atoms with Crippen LogP contribution in [0.25, 0.3) is 16.5 Å². The van der Waals surface area contributed by atoms with Gasteiger partial charge in [0.05, 0.1) is 0 Å². The number of amides is 1. The summed E-state index contributed by atoms with van der Waals surface area (Å²) in [6.07, 6.45) is 8.29. The van der Waals surface area contributed by atoms with Crippen LogP contribution in [0.4, 0.5) is 0 Å². The molecular weight excluding hydrogens is 384 g/mol. The van der Waals surface area contributed by atoms with E-state index < -0.39 is 0 Å². The Morgan fingerprint density at radius 2 is 1.97 bits per heavy atom. The normalized spacial score (nSPS) is 15.9. The molecule has 0 spiro atoms. The zero-order chi connectivity index (χ0) is 22.6. The van der Waals surface area contributed by atoms with Crippen molar-refractivity contribution in [2.45, 2.75) is 34.2 Å². The van der Waals surface area contributed by atoms with Crippen molar-refractivity contribution in [3.63, 3.8) is 0 Å². The Hall–Kier alpha value is -2.89. The van der Waals surface area contributed by atoms with E-state index in [1.165, 1.54) is 10.9 Å². The van der Waals surface area contributed by atoms with Gasteiger partial charge in [0.15, 0.2) is 0 Å². The first-order valence-corrected chi connectivity index (χ1v) is 11.1. The first-order valence-electron chi connectivity index (χ1n) is 11.1. The van der Waals surface area contributed by atoms with Crippen LogP contribution in [0.15, 0.2) is 66.4 Å². The van der Waals surface area contributed by atoms with E-state index in [1.807, 2.05) is 32.9 Å². The fourth-order valence-corrected chi connectivity index (χ4v) is 3.65. The van der Waals surface area contributed by atoms with Gasteiger partial charge in [0.2, 0.25) is 6.41 Å². The molecule has 0 radical (unpaired) electrons. The highest BCUT2D eigenvalue weighted by atomic mass is 16.1. The summed E-state index contributed by atoms with van der Waals surface area (Å²) < 4.78 is 0. The number of aromatic amines is 1. The van der Waals surface area contributed by atoms with E-state index in [1.54, 1.807) is 6.08 Å². The number of carbonyl (C=O) groups is 1. The topological polar surface area (TPSA) is 60.2 Å². The maximum absolute atomic E-state index is 10.9. The third kappa shape index (κ3) is 6.81. The van der Waals surface area contributed by atoms with Gasteiger partial charge in [-0.05, 0) is 60.9 Å². The molecule has 0 atom stereocenters.